The highest BCUT2D eigenvalue weighted by Gasteiger charge is 2.19. The number of benzene rings is 3. The van der Waals surface area contributed by atoms with Crippen LogP contribution >= 0.6 is 0 Å². The van der Waals surface area contributed by atoms with Crippen LogP contribution in [-0.4, -0.2) is 26.0 Å². The fourth-order valence-corrected chi connectivity index (χ4v) is 3.10. The lowest BCUT2D eigenvalue weighted by Crippen LogP contribution is -2.28. The van der Waals surface area contributed by atoms with Crippen LogP contribution in [0.15, 0.2) is 72.8 Å². The minimum Gasteiger partial charge on any atom is -0.497 e. The number of methoxy groups -OCH3 is 2. The Balaban J connectivity index is 1.80. The molecule has 1 atom stereocenters. The summed E-state index contributed by atoms with van der Waals surface area (Å²) in [5.74, 6) is 0.728. The van der Waals surface area contributed by atoms with Gasteiger partial charge >= 0.3 is 0 Å². The normalized spacial score (nSPS) is 11.3. The van der Waals surface area contributed by atoms with Crippen LogP contribution in [0.2, 0.25) is 0 Å². The minimum absolute atomic E-state index is 0.279. The van der Waals surface area contributed by atoms with Gasteiger partial charge in [-0.3, -0.25) is 9.59 Å². The maximum atomic E-state index is 13.0. The topological polar surface area (TPSA) is 76.7 Å². The van der Waals surface area contributed by atoms with Crippen molar-refractivity contribution in [1.82, 2.24) is 5.32 Å². The van der Waals surface area contributed by atoms with Crippen molar-refractivity contribution in [3.63, 3.8) is 0 Å². The first kappa shape index (κ1) is 20.9. The van der Waals surface area contributed by atoms with Gasteiger partial charge in [-0.2, -0.15) is 0 Å². The molecule has 0 aliphatic rings. The summed E-state index contributed by atoms with van der Waals surface area (Å²) in [5, 5.41) is 5.78. The van der Waals surface area contributed by atoms with Crippen LogP contribution in [0.25, 0.3) is 0 Å². The molecule has 6 nitrogen and oxygen atoms in total. The molecule has 0 aliphatic carbocycles. The second kappa shape index (κ2) is 9.60. The Bertz CT molecular complexity index is 1030. The first-order valence-corrected chi connectivity index (χ1v) is 9.51. The van der Waals surface area contributed by atoms with E-state index in [0.717, 1.165) is 5.56 Å². The summed E-state index contributed by atoms with van der Waals surface area (Å²) in [7, 11) is 3.16. The largest absolute Gasteiger partial charge is 0.497 e. The van der Waals surface area contributed by atoms with Crippen LogP contribution < -0.4 is 20.1 Å². The average Bonchev–Trinajstić information content (AvgIpc) is 2.79. The molecule has 2 N–H and O–H groups in total. The third-order valence-electron chi connectivity index (χ3n) is 4.71. The van der Waals surface area contributed by atoms with Crippen molar-refractivity contribution in [3.8, 4) is 11.5 Å². The molecule has 0 heterocycles. The van der Waals surface area contributed by atoms with Crippen LogP contribution in [0, 0.1) is 0 Å². The fourth-order valence-electron chi connectivity index (χ4n) is 3.10. The van der Waals surface area contributed by atoms with Crippen molar-refractivity contribution in [2.45, 2.75) is 13.0 Å². The van der Waals surface area contributed by atoms with Gasteiger partial charge in [-0.15, -0.1) is 0 Å². The molecular weight excluding hydrogens is 380 g/mol. The van der Waals surface area contributed by atoms with Crippen LogP contribution in [0.1, 0.15) is 39.2 Å². The Morgan fingerprint density at radius 3 is 2.23 bits per heavy atom. The molecule has 2 amide bonds. The molecule has 3 rings (SSSR count). The molecule has 0 saturated heterocycles. The molecule has 0 radical (unpaired) electrons. The smallest absolute Gasteiger partial charge is 0.255 e. The number of rotatable bonds is 7. The summed E-state index contributed by atoms with van der Waals surface area (Å²) in [6, 6.07) is 20.8. The van der Waals surface area contributed by atoms with Gasteiger partial charge in [-0.25, -0.2) is 0 Å². The number of nitrogens with one attached hydrogen (secondary N) is 2. The maximum Gasteiger partial charge on any atom is 0.255 e. The number of ether oxygens (including phenoxy) is 2. The molecule has 0 bridgehead atoms. The van der Waals surface area contributed by atoms with E-state index in [-0.39, 0.29) is 17.9 Å². The Morgan fingerprint density at radius 1 is 0.833 bits per heavy atom. The quantitative estimate of drug-likeness (QED) is 0.610. The second-order valence-corrected chi connectivity index (χ2v) is 6.67. The van der Waals surface area contributed by atoms with Gasteiger partial charge in [0.2, 0.25) is 0 Å². The average molecular weight is 404 g/mol. The second-order valence-electron chi connectivity index (χ2n) is 6.67. The first-order chi connectivity index (χ1) is 14.5. The highest BCUT2D eigenvalue weighted by Crippen LogP contribution is 2.29. The molecule has 0 fully saturated rings. The molecule has 6 heteroatoms. The molecule has 3 aromatic rings. The van der Waals surface area contributed by atoms with Gasteiger partial charge in [0, 0.05) is 11.1 Å². The van der Waals surface area contributed by atoms with Crippen LogP contribution in [0.4, 0.5) is 5.69 Å². The zero-order valence-corrected chi connectivity index (χ0v) is 17.1. The zero-order valence-electron chi connectivity index (χ0n) is 17.1. The summed E-state index contributed by atoms with van der Waals surface area (Å²) >= 11 is 0. The van der Waals surface area contributed by atoms with Gasteiger partial charge < -0.3 is 20.1 Å². The van der Waals surface area contributed by atoms with Crippen molar-refractivity contribution >= 4 is 17.5 Å². The Hall–Kier alpha value is -3.80. The van der Waals surface area contributed by atoms with Crippen molar-refractivity contribution in [2.75, 3.05) is 19.5 Å². The predicted molar refractivity (Wildman–Crippen MR) is 116 cm³/mol. The molecule has 0 aliphatic heterocycles. The fraction of sp³-hybridized carbons (Fsp3) is 0.167. The third kappa shape index (κ3) is 4.78. The lowest BCUT2D eigenvalue weighted by atomic mass is 10.1. The monoisotopic (exact) mass is 404 g/mol. The summed E-state index contributed by atoms with van der Waals surface area (Å²) in [6.07, 6.45) is 0. The molecule has 0 spiro atoms. The van der Waals surface area contributed by atoms with Crippen LogP contribution in [0.3, 0.4) is 0 Å². The van der Waals surface area contributed by atoms with Crippen LogP contribution in [0.5, 0.6) is 11.5 Å². The van der Waals surface area contributed by atoms with E-state index in [0.29, 0.717) is 28.3 Å². The number of anilines is 1. The standard InChI is InChI=1S/C24H24N2O4/c1-16(20-15-18(29-2)13-14-22(20)30-3)25-24(28)19-11-7-8-12-21(19)26-23(27)17-9-5-4-6-10-17/h4-16H,1-3H3,(H,25,28)(H,26,27). The zero-order chi connectivity index (χ0) is 21.5. The first-order valence-electron chi connectivity index (χ1n) is 9.51. The number of para-hydroxylation sites is 1. The summed E-state index contributed by atoms with van der Waals surface area (Å²) < 4.78 is 10.7. The summed E-state index contributed by atoms with van der Waals surface area (Å²) in [5.41, 5.74) is 2.11. The van der Waals surface area contributed by atoms with E-state index >= 15 is 0 Å². The Labute approximate surface area is 175 Å². The van der Waals surface area contributed by atoms with Gasteiger partial charge in [0.1, 0.15) is 11.5 Å². The van der Waals surface area contributed by atoms with Gasteiger partial charge in [0.05, 0.1) is 31.5 Å². The number of carbonyl (C=O) groups is 2. The summed E-state index contributed by atoms with van der Waals surface area (Å²) in [4.78, 5) is 25.5. The molecular formula is C24H24N2O4. The van der Waals surface area contributed by atoms with E-state index in [1.807, 2.05) is 19.1 Å². The molecule has 154 valence electrons. The van der Waals surface area contributed by atoms with Crippen molar-refractivity contribution in [1.29, 1.82) is 0 Å². The van der Waals surface area contributed by atoms with E-state index in [9.17, 15) is 9.59 Å². The van der Waals surface area contributed by atoms with Crippen molar-refractivity contribution in [3.05, 3.63) is 89.5 Å². The highest BCUT2D eigenvalue weighted by atomic mass is 16.5. The van der Waals surface area contributed by atoms with Gasteiger partial charge in [-0.05, 0) is 49.4 Å². The minimum atomic E-state index is -0.347. The predicted octanol–water partition coefficient (Wildman–Crippen LogP) is 4.45. The molecule has 0 aromatic heterocycles. The number of amides is 2. The molecule has 0 saturated carbocycles. The van der Waals surface area contributed by atoms with Crippen molar-refractivity contribution < 1.29 is 19.1 Å². The molecule has 3 aromatic carbocycles. The third-order valence-corrected chi connectivity index (χ3v) is 4.71. The van der Waals surface area contributed by atoms with Gasteiger partial charge in [0.15, 0.2) is 0 Å². The van der Waals surface area contributed by atoms with Crippen LogP contribution in [-0.2, 0) is 0 Å². The lowest BCUT2D eigenvalue weighted by Gasteiger charge is -2.19. The summed E-state index contributed by atoms with van der Waals surface area (Å²) in [6.45, 7) is 1.86. The molecule has 30 heavy (non-hydrogen) atoms. The SMILES string of the molecule is COc1ccc(OC)c(C(C)NC(=O)c2ccccc2NC(=O)c2ccccc2)c1. The molecule has 1 unspecified atom stereocenters. The van der Waals surface area contributed by atoms with E-state index in [2.05, 4.69) is 10.6 Å². The van der Waals surface area contributed by atoms with E-state index in [4.69, 9.17) is 9.47 Å². The number of carbonyl (C=O) groups excluding carboxylic acids is 2. The Kier molecular flexibility index (Phi) is 6.70. The lowest BCUT2D eigenvalue weighted by molar-refractivity contribution is 0.0940. The van der Waals surface area contributed by atoms with Crippen molar-refractivity contribution in [2.24, 2.45) is 0 Å². The highest BCUT2D eigenvalue weighted by molar-refractivity contribution is 6.09. The Morgan fingerprint density at radius 2 is 1.53 bits per heavy atom. The number of hydrogen-bond acceptors (Lipinski definition) is 4. The van der Waals surface area contributed by atoms with E-state index in [1.54, 1.807) is 74.9 Å². The maximum absolute atomic E-state index is 13.0. The van der Waals surface area contributed by atoms with Gasteiger partial charge in [0.25, 0.3) is 11.8 Å². The van der Waals surface area contributed by atoms with E-state index < -0.39 is 0 Å². The number of hydrogen-bond donors (Lipinski definition) is 2. The van der Waals surface area contributed by atoms with Gasteiger partial charge in [-0.1, -0.05) is 30.3 Å². The van der Waals surface area contributed by atoms with E-state index in [1.165, 1.54) is 0 Å².